The number of hydrogen-bond acceptors (Lipinski definition) is 3. The maximum absolute atomic E-state index is 5.63. The van der Waals surface area contributed by atoms with E-state index in [0.717, 1.165) is 24.0 Å². The molecule has 0 saturated heterocycles. The molecule has 114 valence electrons. The van der Waals surface area contributed by atoms with Crippen molar-refractivity contribution < 1.29 is 4.42 Å². The minimum absolute atomic E-state index is 0.0851. The van der Waals surface area contributed by atoms with E-state index >= 15 is 0 Å². The van der Waals surface area contributed by atoms with Gasteiger partial charge >= 0.3 is 0 Å². The first kappa shape index (κ1) is 15.6. The van der Waals surface area contributed by atoms with Gasteiger partial charge in [0.05, 0.1) is 6.04 Å². The number of nitrogens with zero attached hydrogens (tertiary/aromatic N) is 1. The highest BCUT2D eigenvalue weighted by Crippen LogP contribution is 2.19. The van der Waals surface area contributed by atoms with E-state index in [1.807, 2.05) is 19.1 Å². The number of aryl methyl sites for hydroxylation is 1. The first-order valence-corrected chi connectivity index (χ1v) is 8.05. The normalized spacial score (nSPS) is 14.8. The lowest BCUT2D eigenvalue weighted by Gasteiger charge is -2.18. The Kier molecular flexibility index (Phi) is 5.44. The SMILES string of the molecule is CN=C(NCC(C)c1cccs1)NC(C)c1ccc(C)o1. The van der Waals surface area contributed by atoms with Crippen LogP contribution in [0.5, 0.6) is 0 Å². The molecule has 0 aliphatic carbocycles. The van der Waals surface area contributed by atoms with Crippen LogP contribution in [0.15, 0.2) is 39.1 Å². The summed E-state index contributed by atoms with van der Waals surface area (Å²) in [7, 11) is 1.78. The molecule has 0 spiro atoms. The Morgan fingerprint density at radius 1 is 1.33 bits per heavy atom. The number of guanidine groups is 1. The second kappa shape index (κ2) is 7.31. The van der Waals surface area contributed by atoms with Crippen LogP contribution >= 0.6 is 11.3 Å². The second-order valence-corrected chi connectivity index (χ2v) is 6.16. The molecular weight excluding hydrogens is 282 g/mol. The van der Waals surface area contributed by atoms with Crippen LogP contribution in [0, 0.1) is 6.92 Å². The highest BCUT2D eigenvalue weighted by molar-refractivity contribution is 7.10. The van der Waals surface area contributed by atoms with Crippen molar-refractivity contribution in [2.24, 2.45) is 4.99 Å². The third kappa shape index (κ3) is 4.36. The van der Waals surface area contributed by atoms with Gasteiger partial charge in [0.1, 0.15) is 11.5 Å². The van der Waals surface area contributed by atoms with Crippen LogP contribution in [-0.4, -0.2) is 19.6 Å². The van der Waals surface area contributed by atoms with E-state index in [4.69, 9.17) is 4.42 Å². The molecule has 2 aromatic rings. The zero-order chi connectivity index (χ0) is 15.2. The van der Waals surface area contributed by atoms with Crippen LogP contribution in [0.3, 0.4) is 0 Å². The van der Waals surface area contributed by atoms with Crippen LogP contribution in [-0.2, 0) is 0 Å². The van der Waals surface area contributed by atoms with Crippen molar-refractivity contribution in [2.75, 3.05) is 13.6 Å². The fourth-order valence-electron chi connectivity index (χ4n) is 2.08. The van der Waals surface area contributed by atoms with Crippen molar-refractivity contribution in [3.05, 3.63) is 46.0 Å². The molecule has 2 aromatic heterocycles. The zero-order valence-electron chi connectivity index (χ0n) is 13.0. The third-order valence-electron chi connectivity index (χ3n) is 3.37. The molecule has 0 radical (unpaired) electrons. The molecule has 0 fully saturated rings. The third-order valence-corrected chi connectivity index (χ3v) is 4.47. The second-order valence-electron chi connectivity index (χ2n) is 5.18. The van der Waals surface area contributed by atoms with Gasteiger partial charge in [-0.1, -0.05) is 13.0 Å². The quantitative estimate of drug-likeness (QED) is 0.654. The number of nitrogens with one attached hydrogen (secondary N) is 2. The van der Waals surface area contributed by atoms with Crippen molar-refractivity contribution in [1.29, 1.82) is 0 Å². The van der Waals surface area contributed by atoms with Gasteiger partial charge in [0.2, 0.25) is 0 Å². The predicted octanol–water partition coefficient (Wildman–Crippen LogP) is 3.68. The maximum atomic E-state index is 5.63. The first-order chi connectivity index (χ1) is 10.1. The Morgan fingerprint density at radius 2 is 2.14 bits per heavy atom. The molecule has 2 rings (SSSR count). The largest absolute Gasteiger partial charge is 0.464 e. The molecule has 21 heavy (non-hydrogen) atoms. The standard InChI is InChI=1S/C16H23N3OS/c1-11(15-6-5-9-21-15)10-18-16(17-4)19-13(3)14-8-7-12(2)20-14/h5-9,11,13H,10H2,1-4H3,(H2,17,18,19). The molecule has 0 aromatic carbocycles. The lowest BCUT2D eigenvalue weighted by atomic mass is 10.1. The summed E-state index contributed by atoms with van der Waals surface area (Å²) in [4.78, 5) is 5.65. The number of thiophene rings is 1. The highest BCUT2D eigenvalue weighted by atomic mass is 32.1. The fraction of sp³-hybridized carbons (Fsp3) is 0.438. The molecule has 2 atom stereocenters. The van der Waals surface area contributed by atoms with Crippen molar-refractivity contribution in [1.82, 2.24) is 10.6 Å². The molecule has 4 nitrogen and oxygen atoms in total. The monoisotopic (exact) mass is 305 g/mol. The molecule has 2 unspecified atom stereocenters. The predicted molar refractivity (Wildman–Crippen MR) is 89.1 cm³/mol. The van der Waals surface area contributed by atoms with Crippen molar-refractivity contribution in [3.8, 4) is 0 Å². The van der Waals surface area contributed by atoms with Crippen LogP contribution in [0.1, 0.15) is 42.2 Å². The molecular formula is C16H23N3OS. The molecule has 2 heterocycles. The van der Waals surface area contributed by atoms with Gasteiger partial charge in [0.25, 0.3) is 0 Å². The maximum Gasteiger partial charge on any atom is 0.191 e. The number of hydrogen-bond donors (Lipinski definition) is 2. The van der Waals surface area contributed by atoms with E-state index in [1.165, 1.54) is 4.88 Å². The average Bonchev–Trinajstić information content (AvgIpc) is 3.13. The molecule has 2 N–H and O–H groups in total. The highest BCUT2D eigenvalue weighted by Gasteiger charge is 2.12. The van der Waals surface area contributed by atoms with Crippen LogP contribution in [0.4, 0.5) is 0 Å². The molecule has 0 amide bonds. The minimum atomic E-state index is 0.0851. The number of rotatable bonds is 5. The van der Waals surface area contributed by atoms with Crippen molar-refractivity contribution >= 4 is 17.3 Å². The van der Waals surface area contributed by atoms with Gasteiger partial charge in [0, 0.05) is 24.4 Å². The zero-order valence-corrected chi connectivity index (χ0v) is 13.8. The minimum Gasteiger partial charge on any atom is -0.464 e. The Labute approximate surface area is 130 Å². The summed E-state index contributed by atoms with van der Waals surface area (Å²) in [5.41, 5.74) is 0. The van der Waals surface area contributed by atoms with Gasteiger partial charge in [-0.05, 0) is 37.4 Å². The Hall–Kier alpha value is -1.75. The van der Waals surface area contributed by atoms with E-state index in [1.54, 1.807) is 18.4 Å². The van der Waals surface area contributed by atoms with Gasteiger partial charge in [0.15, 0.2) is 5.96 Å². The topological polar surface area (TPSA) is 49.6 Å². The van der Waals surface area contributed by atoms with Gasteiger partial charge in [-0.2, -0.15) is 0 Å². The van der Waals surface area contributed by atoms with Crippen molar-refractivity contribution in [3.63, 3.8) is 0 Å². The van der Waals surface area contributed by atoms with E-state index < -0.39 is 0 Å². The van der Waals surface area contributed by atoms with E-state index in [-0.39, 0.29) is 6.04 Å². The van der Waals surface area contributed by atoms with Crippen LogP contribution in [0.25, 0.3) is 0 Å². The molecule has 0 aliphatic heterocycles. The van der Waals surface area contributed by atoms with E-state index in [0.29, 0.717) is 5.92 Å². The summed E-state index contributed by atoms with van der Waals surface area (Å²) in [6, 6.07) is 8.31. The average molecular weight is 305 g/mol. The molecule has 0 saturated carbocycles. The Morgan fingerprint density at radius 3 is 2.71 bits per heavy atom. The first-order valence-electron chi connectivity index (χ1n) is 7.17. The number of aliphatic imine (C=N–C) groups is 1. The van der Waals surface area contributed by atoms with E-state index in [9.17, 15) is 0 Å². The van der Waals surface area contributed by atoms with Gasteiger partial charge in [-0.25, -0.2) is 0 Å². The summed E-state index contributed by atoms with van der Waals surface area (Å²) >= 11 is 1.79. The molecule has 5 heteroatoms. The van der Waals surface area contributed by atoms with Gasteiger partial charge < -0.3 is 15.1 Å². The van der Waals surface area contributed by atoms with Gasteiger partial charge in [-0.15, -0.1) is 11.3 Å². The lowest BCUT2D eigenvalue weighted by Crippen LogP contribution is -2.40. The summed E-state index contributed by atoms with van der Waals surface area (Å²) in [6.45, 7) is 7.08. The summed E-state index contributed by atoms with van der Waals surface area (Å²) in [5, 5.41) is 8.83. The van der Waals surface area contributed by atoms with Crippen LogP contribution in [0.2, 0.25) is 0 Å². The van der Waals surface area contributed by atoms with Crippen LogP contribution < -0.4 is 10.6 Å². The Balaban J connectivity index is 1.86. The number of furan rings is 1. The summed E-state index contributed by atoms with van der Waals surface area (Å²) < 4.78 is 5.63. The van der Waals surface area contributed by atoms with Crippen molar-refractivity contribution in [2.45, 2.75) is 32.7 Å². The van der Waals surface area contributed by atoms with E-state index in [2.05, 4.69) is 47.0 Å². The molecule has 0 aliphatic rings. The molecule has 0 bridgehead atoms. The smallest absolute Gasteiger partial charge is 0.191 e. The fourth-order valence-corrected chi connectivity index (χ4v) is 2.87. The Bertz CT molecular complexity index is 574. The summed E-state index contributed by atoms with van der Waals surface area (Å²) in [5.74, 6) is 3.10. The van der Waals surface area contributed by atoms with Gasteiger partial charge in [-0.3, -0.25) is 4.99 Å². The lowest BCUT2D eigenvalue weighted by molar-refractivity contribution is 0.441. The summed E-state index contributed by atoms with van der Waals surface area (Å²) in [6.07, 6.45) is 0.